The molecule has 7 rings (SSSR count). The molecule has 5 heterocycles. The second kappa shape index (κ2) is 8.55. The van der Waals surface area contributed by atoms with Gasteiger partial charge in [0, 0.05) is 48.0 Å². The Morgan fingerprint density at radius 2 is 1.86 bits per heavy atom. The molecular weight excluding hydrogens is 456 g/mol. The van der Waals surface area contributed by atoms with Gasteiger partial charge in [0.2, 0.25) is 0 Å². The molecular formula is C27H24N6OS. The van der Waals surface area contributed by atoms with Crippen LogP contribution in [0.5, 0.6) is 0 Å². The number of rotatable bonds is 5. The Labute approximate surface area is 206 Å². The molecule has 1 aliphatic carbocycles. The minimum atomic E-state index is 0.667. The number of pyridine rings is 3. The number of benzene rings is 1. The maximum absolute atomic E-state index is 5.46. The molecule has 5 aromatic rings. The molecule has 8 heteroatoms. The number of thiazole rings is 1. The Balaban J connectivity index is 1.23. The number of fused-ring (bicyclic) bond motifs is 2. The molecule has 1 aromatic carbocycles. The van der Waals surface area contributed by atoms with Crippen LogP contribution >= 0.6 is 11.3 Å². The van der Waals surface area contributed by atoms with Gasteiger partial charge in [-0.15, -0.1) is 11.3 Å². The van der Waals surface area contributed by atoms with Crippen LogP contribution in [0.25, 0.3) is 32.4 Å². The fourth-order valence-corrected chi connectivity index (χ4v) is 5.67. The average Bonchev–Trinajstić information content (AvgIpc) is 3.68. The lowest BCUT2D eigenvalue weighted by molar-refractivity contribution is 0.122. The zero-order valence-electron chi connectivity index (χ0n) is 19.1. The van der Waals surface area contributed by atoms with E-state index in [9.17, 15) is 0 Å². The standard InChI is InChI=1S/C27H24N6OS/c1-2-20-23(28-9-1)15-22(18-5-8-25(29-16-18)33-10-12-34-13-11-33)31-26(20)30-19-6-7-21-24(14-19)35-27(32-21)17-3-4-17/h1-2,5-9,14-17H,3-4,10-13H2,(H,30,31). The monoisotopic (exact) mass is 480 g/mol. The normalized spacial score (nSPS) is 16.2. The predicted molar refractivity (Wildman–Crippen MR) is 141 cm³/mol. The molecule has 7 nitrogen and oxygen atoms in total. The minimum Gasteiger partial charge on any atom is -0.378 e. The molecule has 0 amide bonds. The van der Waals surface area contributed by atoms with Gasteiger partial charge in [-0.05, 0) is 61.4 Å². The van der Waals surface area contributed by atoms with Crippen LogP contribution in [0.1, 0.15) is 23.8 Å². The maximum Gasteiger partial charge on any atom is 0.140 e. The number of aromatic nitrogens is 4. The van der Waals surface area contributed by atoms with Crippen LogP contribution < -0.4 is 10.2 Å². The van der Waals surface area contributed by atoms with Crippen molar-refractivity contribution in [3.8, 4) is 11.3 Å². The van der Waals surface area contributed by atoms with Crippen LogP contribution in [0.3, 0.4) is 0 Å². The van der Waals surface area contributed by atoms with Crippen molar-refractivity contribution < 1.29 is 4.74 Å². The van der Waals surface area contributed by atoms with Crippen LogP contribution in [0.15, 0.2) is 60.9 Å². The highest BCUT2D eigenvalue weighted by Crippen LogP contribution is 2.43. The van der Waals surface area contributed by atoms with E-state index in [-0.39, 0.29) is 0 Å². The van der Waals surface area contributed by atoms with E-state index in [0.717, 1.165) is 71.3 Å². The quantitative estimate of drug-likeness (QED) is 0.343. The third-order valence-electron chi connectivity index (χ3n) is 6.57. The first-order valence-electron chi connectivity index (χ1n) is 12.0. The molecule has 35 heavy (non-hydrogen) atoms. The van der Waals surface area contributed by atoms with Gasteiger partial charge < -0.3 is 15.0 Å². The minimum absolute atomic E-state index is 0.667. The van der Waals surface area contributed by atoms with Crippen molar-refractivity contribution in [2.45, 2.75) is 18.8 Å². The summed E-state index contributed by atoms with van der Waals surface area (Å²) in [5.74, 6) is 2.42. The molecule has 0 bridgehead atoms. The van der Waals surface area contributed by atoms with Crippen molar-refractivity contribution in [2.24, 2.45) is 0 Å². The lowest BCUT2D eigenvalue weighted by atomic mass is 10.1. The van der Waals surface area contributed by atoms with E-state index in [1.54, 1.807) is 11.3 Å². The van der Waals surface area contributed by atoms with Gasteiger partial charge in [0.1, 0.15) is 11.6 Å². The molecule has 1 saturated carbocycles. The second-order valence-corrected chi connectivity index (χ2v) is 10.1. The Bertz CT molecular complexity index is 1520. The van der Waals surface area contributed by atoms with Crippen molar-refractivity contribution in [3.63, 3.8) is 0 Å². The molecule has 2 aliphatic rings. The van der Waals surface area contributed by atoms with Crippen LogP contribution in [-0.4, -0.2) is 46.2 Å². The van der Waals surface area contributed by atoms with Gasteiger partial charge in [-0.3, -0.25) is 4.98 Å². The number of morpholine rings is 1. The lowest BCUT2D eigenvalue weighted by Gasteiger charge is -2.27. The number of hydrogen-bond donors (Lipinski definition) is 1. The smallest absolute Gasteiger partial charge is 0.140 e. The van der Waals surface area contributed by atoms with E-state index in [1.807, 2.05) is 24.5 Å². The highest BCUT2D eigenvalue weighted by Gasteiger charge is 2.27. The molecule has 1 N–H and O–H groups in total. The summed E-state index contributed by atoms with van der Waals surface area (Å²) >= 11 is 1.81. The van der Waals surface area contributed by atoms with Crippen LogP contribution in [0.4, 0.5) is 17.3 Å². The fourth-order valence-electron chi connectivity index (χ4n) is 4.50. The SMILES string of the molecule is c1cnc2cc(-c3ccc(N4CCOCC4)nc3)nc(Nc3ccc4nc(C5CC5)sc4c3)c2c1. The summed E-state index contributed by atoms with van der Waals surface area (Å²) < 4.78 is 6.67. The van der Waals surface area contributed by atoms with Crippen molar-refractivity contribution in [2.75, 3.05) is 36.5 Å². The zero-order valence-corrected chi connectivity index (χ0v) is 20.0. The van der Waals surface area contributed by atoms with E-state index < -0.39 is 0 Å². The molecule has 1 aliphatic heterocycles. The number of nitrogens with zero attached hydrogens (tertiary/aromatic N) is 5. The lowest BCUT2D eigenvalue weighted by Crippen LogP contribution is -2.36. The fraction of sp³-hybridized carbons (Fsp3) is 0.259. The highest BCUT2D eigenvalue weighted by molar-refractivity contribution is 7.18. The molecule has 4 aromatic heterocycles. The number of ether oxygens (including phenoxy) is 1. The van der Waals surface area contributed by atoms with E-state index in [0.29, 0.717) is 5.92 Å². The third-order valence-corrected chi connectivity index (χ3v) is 7.75. The molecule has 174 valence electrons. The summed E-state index contributed by atoms with van der Waals surface area (Å²) in [7, 11) is 0. The summed E-state index contributed by atoms with van der Waals surface area (Å²) in [6, 6.07) is 16.5. The third kappa shape index (κ3) is 4.09. The molecule has 1 saturated heterocycles. The first kappa shape index (κ1) is 20.7. The van der Waals surface area contributed by atoms with Crippen LogP contribution in [-0.2, 0) is 4.74 Å². The van der Waals surface area contributed by atoms with Gasteiger partial charge in [0.05, 0.1) is 39.6 Å². The summed E-state index contributed by atoms with van der Waals surface area (Å²) in [5.41, 5.74) is 4.77. The van der Waals surface area contributed by atoms with Crippen molar-refractivity contribution in [3.05, 3.63) is 65.9 Å². The van der Waals surface area contributed by atoms with Gasteiger partial charge in [-0.1, -0.05) is 0 Å². The number of nitrogens with one attached hydrogen (secondary N) is 1. The Hall–Kier alpha value is -3.62. The van der Waals surface area contributed by atoms with Gasteiger partial charge in [-0.2, -0.15) is 0 Å². The average molecular weight is 481 g/mol. The first-order chi connectivity index (χ1) is 17.3. The largest absolute Gasteiger partial charge is 0.378 e. The number of hydrogen-bond acceptors (Lipinski definition) is 8. The highest BCUT2D eigenvalue weighted by atomic mass is 32.1. The summed E-state index contributed by atoms with van der Waals surface area (Å²) in [6.07, 6.45) is 6.25. The zero-order chi connectivity index (χ0) is 23.2. The summed E-state index contributed by atoms with van der Waals surface area (Å²) in [6.45, 7) is 3.22. The molecule has 0 spiro atoms. The summed E-state index contributed by atoms with van der Waals surface area (Å²) in [5, 5.41) is 5.80. The van der Waals surface area contributed by atoms with E-state index >= 15 is 0 Å². The first-order valence-corrected chi connectivity index (χ1v) is 12.8. The Morgan fingerprint density at radius 3 is 2.69 bits per heavy atom. The van der Waals surface area contributed by atoms with E-state index in [4.69, 9.17) is 19.7 Å². The van der Waals surface area contributed by atoms with Crippen LogP contribution in [0.2, 0.25) is 0 Å². The van der Waals surface area contributed by atoms with Gasteiger partial charge in [0.15, 0.2) is 0 Å². The Morgan fingerprint density at radius 1 is 0.943 bits per heavy atom. The predicted octanol–water partition coefficient (Wildman–Crippen LogP) is 5.76. The Kier molecular flexibility index (Phi) is 5.06. The van der Waals surface area contributed by atoms with Gasteiger partial charge in [0.25, 0.3) is 0 Å². The molecule has 0 atom stereocenters. The molecule has 0 unspecified atom stereocenters. The second-order valence-electron chi connectivity index (χ2n) is 9.06. The van der Waals surface area contributed by atoms with E-state index in [1.165, 1.54) is 22.5 Å². The van der Waals surface area contributed by atoms with Gasteiger partial charge in [-0.25, -0.2) is 15.0 Å². The molecule has 0 radical (unpaired) electrons. The summed E-state index contributed by atoms with van der Waals surface area (Å²) in [4.78, 5) is 21.4. The van der Waals surface area contributed by atoms with Crippen LogP contribution in [0, 0.1) is 0 Å². The van der Waals surface area contributed by atoms with E-state index in [2.05, 4.69) is 51.6 Å². The van der Waals surface area contributed by atoms with Gasteiger partial charge >= 0.3 is 0 Å². The van der Waals surface area contributed by atoms with Crippen molar-refractivity contribution >= 4 is 49.8 Å². The topological polar surface area (TPSA) is 76.1 Å². The molecule has 2 fully saturated rings. The number of anilines is 3. The van der Waals surface area contributed by atoms with Crippen molar-refractivity contribution in [1.82, 2.24) is 19.9 Å². The van der Waals surface area contributed by atoms with Crippen molar-refractivity contribution in [1.29, 1.82) is 0 Å². The maximum atomic E-state index is 5.46.